The molecule has 0 unspecified atom stereocenters. The summed E-state index contributed by atoms with van der Waals surface area (Å²) in [5.41, 5.74) is -7.80. The van der Waals surface area contributed by atoms with E-state index in [9.17, 15) is 66.7 Å². The molecule has 0 radical (unpaired) electrons. The zero-order chi connectivity index (χ0) is 32.1. The van der Waals surface area contributed by atoms with Crippen LogP contribution in [0.5, 0.6) is 11.5 Å². The fourth-order valence-electron chi connectivity index (χ4n) is 3.49. The van der Waals surface area contributed by atoms with Gasteiger partial charge in [-0.25, -0.2) is 49.1 Å². The Hall–Kier alpha value is -5.09. The summed E-state index contributed by atoms with van der Waals surface area (Å²) in [7, 11) is 0. The van der Waals surface area contributed by atoms with Crippen LogP contribution in [0.25, 0.3) is 11.1 Å². The van der Waals surface area contributed by atoms with Crippen LogP contribution in [0.1, 0.15) is 20.7 Å². The van der Waals surface area contributed by atoms with Crippen LogP contribution in [0, 0.1) is 75.6 Å². The van der Waals surface area contributed by atoms with Crippen molar-refractivity contribution in [1.82, 2.24) is 0 Å². The quantitative estimate of drug-likeness (QED) is 0.0752. The molecule has 0 bridgehead atoms. The molecule has 0 heterocycles. The van der Waals surface area contributed by atoms with E-state index in [1.807, 2.05) is 0 Å². The molecule has 0 aromatic heterocycles. The van der Waals surface area contributed by atoms with Gasteiger partial charge in [0.05, 0.1) is 16.7 Å². The highest BCUT2D eigenvalue weighted by molar-refractivity contribution is 5.92. The maximum Gasteiger partial charge on any atom is 0.349 e. The molecule has 0 aliphatic heterocycles. The number of benzene rings is 4. The Kier molecular flexibility index (Phi) is 8.11. The van der Waals surface area contributed by atoms with Crippen molar-refractivity contribution in [1.29, 1.82) is 0 Å². The van der Waals surface area contributed by atoms with Crippen LogP contribution < -0.4 is 9.47 Å². The highest BCUT2D eigenvalue weighted by atomic mass is 19.2. The van der Waals surface area contributed by atoms with Gasteiger partial charge in [0.1, 0.15) is 5.56 Å². The lowest BCUT2D eigenvalue weighted by atomic mass is 10.0. The predicted octanol–water partition coefficient (Wildman–Crippen LogP) is 7.60. The number of ether oxygens (including phenoxy) is 2. The average molecular weight is 628 g/mol. The fraction of sp³-hybridized carbons (Fsp3) is 0. The van der Waals surface area contributed by atoms with Crippen molar-refractivity contribution in [3.05, 3.63) is 117 Å². The minimum Gasteiger partial charge on any atom is -0.416 e. The Balaban J connectivity index is 1.82. The maximum absolute atomic E-state index is 14.8. The third-order valence-corrected chi connectivity index (χ3v) is 5.51. The van der Waals surface area contributed by atoms with Gasteiger partial charge in [0.15, 0.2) is 46.5 Å². The first-order chi connectivity index (χ1) is 20.1. The van der Waals surface area contributed by atoms with Gasteiger partial charge >= 0.3 is 11.9 Å². The second-order valence-corrected chi connectivity index (χ2v) is 8.01. The van der Waals surface area contributed by atoms with Crippen LogP contribution >= 0.6 is 0 Å². The number of rotatable bonds is 5. The summed E-state index contributed by atoms with van der Waals surface area (Å²) in [6.07, 6.45) is 0. The van der Waals surface area contributed by atoms with Gasteiger partial charge in [0.2, 0.25) is 40.6 Å². The molecule has 0 saturated heterocycles. The van der Waals surface area contributed by atoms with E-state index in [0.717, 1.165) is 12.1 Å². The molecule has 4 aromatic rings. The number of hydrogen-bond acceptors (Lipinski definition) is 4. The van der Waals surface area contributed by atoms with Gasteiger partial charge in [-0.3, -0.25) is 0 Å². The van der Waals surface area contributed by atoms with Gasteiger partial charge in [-0.2, -0.15) is 17.6 Å². The van der Waals surface area contributed by atoms with Crippen molar-refractivity contribution in [2.45, 2.75) is 0 Å². The van der Waals surface area contributed by atoms with E-state index in [1.165, 1.54) is 18.2 Å². The zero-order valence-corrected chi connectivity index (χ0v) is 19.9. The molecule has 4 rings (SSSR count). The molecular weight excluding hydrogens is 623 g/mol. The van der Waals surface area contributed by atoms with E-state index in [2.05, 4.69) is 9.47 Å². The van der Waals surface area contributed by atoms with Gasteiger partial charge < -0.3 is 9.47 Å². The number of hydrogen-bond donors (Lipinski definition) is 0. The second-order valence-electron chi connectivity index (χ2n) is 8.01. The first-order valence-electron chi connectivity index (χ1n) is 10.8. The number of carbonyl (C=O) groups is 2. The molecule has 0 aliphatic carbocycles. The maximum atomic E-state index is 14.8. The summed E-state index contributed by atoms with van der Waals surface area (Å²) in [5.74, 6) is -45.4. The molecule has 0 amide bonds. The summed E-state index contributed by atoms with van der Waals surface area (Å²) in [5, 5.41) is 0. The highest BCUT2D eigenvalue weighted by Crippen LogP contribution is 2.42. The summed E-state index contributed by atoms with van der Waals surface area (Å²) in [6.45, 7) is 0. The van der Waals surface area contributed by atoms with Crippen molar-refractivity contribution in [2.75, 3.05) is 0 Å². The molecule has 4 aromatic carbocycles. The van der Waals surface area contributed by atoms with E-state index in [4.69, 9.17) is 0 Å². The summed E-state index contributed by atoms with van der Waals surface area (Å²) in [4.78, 5) is 24.0. The van der Waals surface area contributed by atoms with Crippen molar-refractivity contribution < 1.29 is 76.1 Å². The van der Waals surface area contributed by atoms with Crippen molar-refractivity contribution in [3.8, 4) is 22.6 Å². The minimum atomic E-state index is -2.93. The molecule has 17 heteroatoms. The summed E-state index contributed by atoms with van der Waals surface area (Å²) < 4.78 is 193. The number of carbonyl (C=O) groups excluding carboxylic acids is 2. The lowest BCUT2D eigenvalue weighted by molar-refractivity contribution is 0.0698. The molecule has 0 spiro atoms. The standard InChI is InChI=1S/C26H5F13O4/c27-10-7(11(28)20(37)23(19(10)36)42-25(40)6-4-2-1-3-5-6)8-12(29)21(38)24(22(39)13(8)30)43-26(41)9-14(31)16(33)18(35)17(34)15(9)32/h1-5H. The second kappa shape index (κ2) is 11.3. The van der Waals surface area contributed by atoms with Gasteiger partial charge in [0.25, 0.3) is 0 Å². The van der Waals surface area contributed by atoms with Crippen LogP contribution in [-0.2, 0) is 0 Å². The summed E-state index contributed by atoms with van der Waals surface area (Å²) >= 11 is 0. The Morgan fingerprint density at radius 2 is 0.721 bits per heavy atom. The van der Waals surface area contributed by atoms with E-state index < -0.39 is 116 Å². The van der Waals surface area contributed by atoms with Gasteiger partial charge in [-0.1, -0.05) is 18.2 Å². The largest absolute Gasteiger partial charge is 0.416 e. The van der Waals surface area contributed by atoms with E-state index in [0.29, 0.717) is 0 Å². The molecule has 0 fully saturated rings. The van der Waals surface area contributed by atoms with Crippen molar-refractivity contribution in [3.63, 3.8) is 0 Å². The molecule has 4 nitrogen and oxygen atoms in total. The van der Waals surface area contributed by atoms with Gasteiger partial charge in [-0.05, 0) is 12.1 Å². The highest BCUT2D eigenvalue weighted by Gasteiger charge is 2.38. The van der Waals surface area contributed by atoms with Crippen LogP contribution in [0.15, 0.2) is 30.3 Å². The first-order valence-corrected chi connectivity index (χ1v) is 10.8. The Labute approximate surface area is 228 Å². The first kappa shape index (κ1) is 30.9. The monoisotopic (exact) mass is 628 g/mol. The summed E-state index contributed by atoms with van der Waals surface area (Å²) in [6, 6.07) is 6.02. The molecule has 0 saturated carbocycles. The van der Waals surface area contributed by atoms with Crippen LogP contribution in [-0.4, -0.2) is 11.9 Å². The Bertz CT molecular complexity index is 1750. The number of halogens is 13. The van der Waals surface area contributed by atoms with Gasteiger partial charge in [-0.15, -0.1) is 0 Å². The molecular formula is C26H5F13O4. The van der Waals surface area contributed by atoms with Gasteiger partial charge in [0, 0.05) is 0 Å². The predicted molar refractivity (Wildman–Crippen MR) is 114 cm³/mol. The minimum absolute atomic E-state index is 0.386. The topological polar surface area (TPSA) is 52.6 Å². The van der Waals surface area contributed by atoms with Crippen molar-refractivity contribution in [2.24, 2.45) is 0 Å². The molecule has 43 heavy (non-hydrogen) atoms. The third-order valence-electron chi connectivity index (χ3n) is 5.51. The average Bonchev–Trinajstić information content (AvgIpc) is 2.99. The molecule has 0 atom stereocenters. The number of esters is 2. The molecule has 224 valence electrons. The normalized spacial score (nSPS) is 11.1. The Morgan fingerprint density at radius 3 is 1.09 bits per heavy atom. The SMILES string of the molecule is O=C(Oc1c(F)c(F)c(-c2c(F)c(F)c(OC(=O)c3c(F)c(F)c(F)c(F)c3F)c(F)c2F)c(F)c1F)c1ccccc1. The van der Waals surface area contributed by atoms with Crippen LogP contribution in [0.3, 0.4) is 0 Å². The van der Waals surface area contributed by atoms with E-state index in [-0.39, 0.29) is 5.56 Å². The zero-order valence-electron chi connectivity index (χ0n) is 19.9. The molecule has 0 N–H and O–H groups in total. The lowest BCUT2D eigenvalue weighted by Gasteiger charge is -2.16. The third kappa shape index (κ3) is 4.99. The van der Waals surface area contributed by atoms with Crippen LogP contribution in [0.4, 0.5) is 57.1 Å². The van der Waals surface area contributed by atoms with E-state index in [1.54, 1.807) is 0 Å². The Morgan fingerprint density at radius 1 is 0.395 bits per heavy atom. The van der Waals surface area contributed by atoms with Crippen LogP contribution in [0.2, 0.25) is 0 Å². The smallest absolute Gasteiger partial charge is 0.349 e. The van der Waals surface area contributed by atoms with Crippen molar-refractivity contribution >= 4 is 11.9 Å². The molecule has 0 aliphatic rings. The lowest BCUT2D eigenvalue weighted by Crippen LogP contribution is -2.19. The van der Waals surface area contributed by atoms with E-state index >= 15 is 0 Å². The fourth-order valence-corrected chi connectivity index (χ4v) is 3.49.